The Bertz CT molecular complexity index is 730. The summed E-state index contributed by atoms with van der Waals surface area (Å²) in [6.07, 6.45) is 0. The van der Waals surface area contributed by atoms with Gasteiger partial charge in [-0.3, -0.25) is 9.48 Å². The van der Waals surface area contributed by atoms with E-state index in [1.54, 1.807) is 37.4 Å². The first-order chi connectivity index (χ1) is 10.4. The number of hydrogen-bond donors (Lipinski definition) is 1. The molecule has 0 saturated carbocycles. The minimum atomic E-state index is -0.807. The number of hydrogen-bond acceptors (Lipinski definition) is 3. The molecule has 1 heterocycles. The standard InChI is InChI=1S/C16H17ClN4O/c1-10(2)13-8-15(21(3)20-13)16(22)19-14(9-18)11-6-4-5-7-12(11)17/h4-8,10,14H,1-3H3,(H,19,22)/t14-/m0/s1. The largest absolute Gasteiger partial charge is 0.331 e. The van der Waals surface area contributed by atoms with Crippen molar-refractivity contribution in [1.82, 2.24) is 15.1 Å². The van der Waals surface area contributed by atoms with Crippen LogP contribution in [0.15, 0.2) is 30.3 Å². The molecule has 0 aliphatic carbocycles. The average Bonchev–Trinajstić information content (AvgIpc) is 2.88. The highest BCUT2D eigenvalue weighted by Crippen LogP contribution is 2.22. The van der Waals surface area contributed by atoms with Gasteiger partial charge in [-0.05, 0) is 18.1 Å². The molecule has 1 N–H and O–H groups in total. The molecule has 2 aromatic rings. The number of aryl methyl sites for hydroxylation is 1. The summed E-state index contributed by atoms with van der Waals surface area (Å²) in [5.41, 5.74) is 1.82. The van der Waals surface area contributed by atoms with Crippen molar-refractivity contribution in [2.24, 2.45) is 7.05 Å². The fourth-order valence-electron chi connectivity index (χ4n) is 2.08. The van der Waals surface area contributed by atoms with Crippen LogP contribution in [0.3, 0.4) is 0 Å². The molecule has 22 heavy (non-hydrogen) atoms. The molecule has 0 spiro atoms. The Balaban J connectivity index is 2.24. The molecule has 0 aliphatic heterocycles. The normalized spacial score (nSPS) is 12.0. The van der Waals surface area contributed by atoms with E-state index in [9.17, 15) is 10.1 Å². The molecule has 1 aromatic heterocycles. The van der Waals surface area contributed by atoms with E-state index >= 15 is 0 Å². The van der Waals surface area contributed by atoms with Gasteiger partial charge in [-0.1, -0.05) is 43.6 Å². The van der Waals surface area contributed by atoms with Gasteiger partial charge in [0.05, 0.1) is 11.8 Å². The summed E-state index contributed by atoms with van der Waals surface area (Å²) in [6.45, 7) is 4.01. The third kappa shape index (κ3) is 3.29. The molecule has 114 valence electrons. The van der Waals surface area contributed by atoms with Crippen LogP contribution in [0, 0.1) is 11.3 Å². The Morgan fingerprint density at radius 3 is 2.64 bits per heavy atom. The monoisotopic (exact) mass is 316 g/mol. The number of aromatic nitrogens is 2. The maximum atomic E-state index is 12.4. The fourth-order valence-corrected chi connectivity index (χ4v) is 2.32. The van der Waals surface area contributed by atoms with Crippen LogP contribution in [0.25, 0.3) is 0 Å². The SMILES string of the molecule is CC(C)c1cc(C(=O)N[C@@H](C#N)c2ccccc2Cl)n(C)n1. The Morgan fingerprint density at radius 2 is 2.09 bits per heavy atom. The molecule has 0 saturated heterocycles. The van der Waals surface area contributed by atoms with Gasteiger partial charge in [0.2, 0.25) is 0 Å². The van der Waals surface area contributed by atoms with Crippen molar-refractivity contribution in [3.8, 4) is 6.07 Å². The van der Waals surface area contributed by atoms with Crippen molar-refractivity contribution in [3.63, 3.8) is 0 Å². The van der Waals surface area contributed by atoms with Crippen LogP contribution in [-0.4, -0.2) is 15.7 Å². The first-order valence-corrected chi connectivity index (χ1v) is 7.30. The van der Waals surface area contributed by atoms with E-state index in [1.807, 2.05) is 13.8 Å². The molecule has 1 atom stereocenters. The topological polar surface area (TPSA) is 70.7 Å². The highest BCUT2D eigenvalue weighted by atomic mass is 35.5. The number of nitriles is 1. The maximum absolute atomic E-state index is 12.4. The Labute approximate surface area is 134 Å². The molecular formula is C16H17ClN4O. The van der Waals surface area contributed by atoms with Crippen LogP contribution in [0.5, 0.6) is 0 Å². The summed E-state index contributed by atoms with van der Waals surface area (Å²) in [5.74, 6) is -0.128. The highest BCUT2D eigenvalue weighted by molar-refractivity contribution is 6.31. The molecule has 0 fully saturated rings. The van der Waals surface area contributed by atoms with E-state index in [0.717, 1.165) is 5.69 Å². The molecule has 0 bridgehead atoms. The van der Waals surface area contributed by atoms with E-state index < -0.39 is 6.04 Å². The molecule has 1 aromatic carbocycles. The summed E-state index contributed by atoms with van der Waals surface area (Å²) < 4.78 is 1.52. The van der Waals surface area contributed by atoms with Crippen LogP contribution in [0.1, 0.15) is 47.6 Å². The lowest BCUT2D eigenvalue weighted by molar-refractivity contribution is 0.0935. The van der Waals surface area contributed by atoms with Crippen LogP contribution < -0.4 is 5.32 Å². The summed E-state index contributed by atoms with van der Waals surface area (Å²) in [6, 6.07) is 9.96. The number of nitrogens with one attached hydrogen (secondary N) is 1. The molecule has 5 nitrogen and oxygen atoms in total. The maximum Gasteiger partial charge on any atom is 0.270 e. The fraction of sp³-hybridized carbons (Fsp3) is 0.312. The lowest BCUT2D eigenvalue weighted by atomic mass is 10.1. The number of carbonyl (C=O) groups excluding carboxylic acids is 1. The van der Waals surface area contributed by atoms with Crippen LogP contribution in [0.4, 0.5) is 0 Å². The van der Waals surface area contributed by atoms with Crippen LogP contribution >= 0.6 is 11.6 Å². The summed E-state index contributed by atoms with van der Waals surface area (Å²) >= 11 is 6.08. The van der Waals surface area contributed by atoms with Crippen molar-refractivity contribution >= 4 is 17.5 Å². The zero-order chi connectivity index (χ0) is 16.3. The van der Waals surface area contributed by atoms with Gasteiger partial charge in [0.15, 0.2) is 0 Å². The Morgan fingerprint density at radius 1 is 1.41 bits per heavy atom. The van der Waals surface area contributed by atoms with E-state index in [0.29, 0.717) is 16.3 Å². The number of carbonyl (C=O) groups is 1. The van der Waals surface area contributed by atoms with Gasteiger partial charge in [-0.2, -0.15) is 10.4 Å². The lowest BCUT2D eigenvalue weighted by Gasteiger charge is -2.13. The van der Waals surface area contributed by atoms with Crippen molar-refractivity contribution in [1.29, 1.82) is 5.26 Å². The number of amides is 1. The average molecular weight is 317 g/mol. The van der Waals surface area contributed by atoms with Crippen molar-refractivity contribution in [2.45, 2.75) is 25.8 Å². The molecule has 1 amide bonds. The highest BCUT2D eigenvalue weighted by Gasteiger charge is 2.20. The zero-order valence-corrected chi connectivity index (χ0v) is 13.4. The number of benzene rings is 1. The van der Waals surface area contributed by atoms with Gasteiger partial charge in [-0.15, -0.1) is 0 Å². The first-order valence-electron chi connectivity index (χ1n) is 6.93. The van der Waals surface area contributed by atoms with Gasteiger partial charge in [0.25, 0.3) is 5.91 Å². The van der Waals surface area contributed by atoms with Gasteiger partial charge < -0.3 is 5.32 Å². The second-order valence-corrected chi connectivity index (χ2v) is 5.70. The number of rotatable bonds is 4. The minimum absolute atomic E-state index is 0.225. The van der Waals surface area contributed by atoms with E-state index in [-0.39, 0.29) is 11.8 Å². The van der Waals surface area contributed by atoms with Crippen molar-refractivity contribution in [2.75, 3.05) is 0 Å². The zero-order valence-electron chi connectivity index (χ0n) is 12.7. The molecule has 2 rings (SSSR count). The Hall–Kier alpha value is -2.32. The number of halogens is 1. The second kappa shape index (κ2) is 6.63. The van der Waals surface area contributed by atoms with E-state index in [4.69, 9.17) is 11.6 Å². The van der Waals surface area contributed by atoms with E-state index in [1.165, 1.54) is 4.68 Å². The lowest BCUT2D eigenvalue weighted by Crippen LogP contribution is -2.29. The van der Waals surface area contributed by atoms with Crippen molar-refractivity contribution in [3.05, 3.63) is 52.3 Å². The van der Waals surface area contributed by atoms with Gasteiger partial charge in [-0.25, -0.2) is 0 Å². The summed E-state index contributed by atoms with van der Waals surface area (Å²) in [5, 5.41) is 16.8. The smallest absolute Gasteiger partial charge is 0.270 e. The quantitative estimate of drug-likeness (QED) is 0.941. The third-order valence-electron chi connectivity index (χ3n) is 3.34. The predicted octanol–water partition coefficient (Wildman–Crippen LogP) is 3.19. The summed E-state index contributed by atoms with van der Waals surface area (Å²) in [4.78, 5) is 12.4. The molecular weight excluding hydrogens is 300 g/mol. The minimum Gasteiger partial charge on any atom is -0.331 e. The molecule has 0 unspecified atom stereocenters. The number of nitrogens with zero attached hydrogens (tertiary/aromatic N) is 3. The van der Waals surface area contributed by atoms with Crippen molar-refractivity contribution < 1.29 is 4.79 Å². The Kier molecular flexibility index (Phi) is 4.84. The molecule has 0 aliphatic rings. The molecule has 6 heteroatoms. The first kappa shape index (κ1) is 16.1. The molecule has 0 radical (unpaired) electrons. The van der Waals surface area contributed by atoms with Gasteiger partial charge in [0, 0.05) is 17.6 Å². The van der Waals surface area contributed by atoms with Crippen LogP contribution in [-0.2, 0) is 7.05 Å². The predicted molar refractivity (Wildman–Crippen MR) is 84.6 cm³/mol. The van der Waals surface area contributed by atoms with E-state index in [2.05, 4.69) is 16.5 Å². The van der Waals surface area contributed by atoms with Gasteiger partial charge in [0.1, 0.15) is 11.7 Å². The van der Waals surface area contributed by atoms with Crippen LogP contribution in [0.2, 0.25) is 5.02 Å². The van der Waals surface area contributed by atoms with Gasteiger partial charge >= 0.3 is 0 Å². The summed E-state index contributed by atoms with van der Waals surface area (Å²) in [7, 11) is 1.71. The second-order valence-electron chi connectivity index (χ2n) is 5.29. The third-order valence-corrected chi connectivity index (χ3v) is 3.69.